The van der Waals surface area contributed by atoms with E-state index >= 15 is 0 Å². The first-order valence-corrected chi connectivity index (χ1v) is 7.36. The molecule has 1 aromatic heterocycles. The Kier molecular flexibility index (Phi) is 4.27. The summed E-state index contributed by atoms with van der Waals surface area (Å²) in [4.78, 5) is 12.1. The number of rotatable bonds is 5. The Balaban J connectivity index is 1.55. The van der Waals surface area contributed by atoms with Gasteiger partial charge in [0.05, 0.1) is 13.0 Å². The summed E-state index contributed by atoms with van der Waals surface area (Å²) >= 11 is 0. The van der Waals surface area contributed by atoms with Gasteiger partial charge in [-0.05, 0) is 30.7 Å². The third kappa shape index (κ3) is 3.58. The lowest BCUT2D eigenvalue weighted by Crippen LogP contribution is -2.36. The third-order valence-electron chi connectivity index (χ3n) is 3.40. The first kappa shape index (κ1) is 14.4. The van der Waals surface area contributed by atoms with Crippen molar-refractivity contribution in [3.63, 3.8) is 0 Å². The van der Waals surface area contributed by atoms with E-state index in [1.165, 1.54) is 0 Å². The van der Waals surface area contributed by atoms with Gasteiger partial charge < -0.3 is 14.8 Å². The minimum Gasteiger partial charge on any atom is -0.486 e. The first-order chi connectivity index (χ1) is 10.7. The van der Waals surface area contributed by atoms with Crippen LogP contribution >= 0.6 is 0 Å². The second kappa shape index (κ2) is 6.51. The molecule has 116 valence electrons. The van der Waals surface area contributed by atoms with E-state index in [2.05, 4.69) is 10.4 Å². The molecule has 3 rings (SSSR count). The molecule has 0 bridgehead atoms. The number of carbonyl (C=O) groups excluding carboxylic acids is 1. The Bertz CT molecular complexity index is 640. The predicted molar refractivity (Wildman–Crippen MR) is 81.0 cm³/mol. The Labute approximate surface area is 129 Å². The van der Waals surface area contributed by atoms with Crippen LogP contribution in [-0.2, 0) is 17.8 Å². The van der Waals surface area contributed by atoms with E-state index in [1.807, 2.05) is 37.4 Å². The second-order valence-electron chi connectivity index (χ2n) is 5.35. The number of hydrogen-bond donors (Lipinski definition) is 1. The highest BCUT2D eigenvalue weighted by molar-refractivity contribution is 5.79. The summed E-state index contributed by atoms with van der Waals surface area (Å²) in [7, 11) is 0. The maximum Gasteiger partial charge on any atom is 0.224 e. The Morgan fingerprint density at radius 2 is 2.18 bits per heavy atom. The Morgan fingerprint density at radius 3 is 2.95 bits per heavy atom. The number of hydrogen-bond acceptors (Lipinski definition) is 4. The first-order valence-electron chi connectivity index (χ1n) is 7.36. The number of nitrogens with zero attached hydrogens (tertiary/aromatic N) is 2. The number of carbonyl (C=O) groups is 1. The van der Waals surface area contributed by atoms with Gasteiger partial charge in [-0.1, -0.05) is 6.07 Å². The number of aromatic nitrogens is 2. The van der Waals surface area contributed by atoms with Gasteiger partial charge in [0, 0.05) is 18.4 Å². The van der Waals surface area contributed by atoms with E-state index in [4.69, 9.17) is 9.47 Å². The van der Waals surface area contributed by atoms with Gasteiger partial charge in [-0.3, -0.25) is 9.48 Å². The lowest BCUT2D eigenvalue weighted by molar-refractivity contribution is -0.121. The fourth-order valence-electron chi connectivity index (χ4n) is 2.44. The summed E-state index contributed by atoms with van der Waals surface area (Å²) in [5.41, 5.74) is 0.910. The van der Waals surface area contributed by atoms with Gasteiger partial charge in [-0.15, -0.1) is 0 Å². The lowest BCUT2D eigenvalue weighted by Gasteiger charge is -2.19. The van der Waals surface area contributed by atoms with Gasteiger partial charge in [0.25, 0.3) is 0 Å². The quantitative estimate of drug-likeness (QED) is 0.906. The molecule has 1 atom stereocenters. The molecule has 6 heteroatoms. The molecule has 1 N–H and O–H groups in total. The van der Waals surface area contributed by atoms with Crippen molar-refractivity contribution in [3.8, 4) is 11.5 Å². The maximum atomic E-state index is 12.1. The summed E-state index contributed by atoms with van der Waals surface area (Å²) in [5.74, 6) is 1.43. The molecule has 2 heterocycles. The highest BCUT2D eigenvalue weighted by atomic mass is 16.6. The van der Waals surface area contributed by atoms with Crippen LogP contribution in [0.25, 0.3) is 0 Å². The summed E-state index contributed by atoms with van der Waals surface area (Å²) in [5, 5.41) is 7.11. The van der Waals surface area contributed by atoms with Crippen molar-refractivity contribution in [2.24, 2.45) is 0 Å². The Hall–Kier alpha value is -2.50. The zero-order chi connectivity index (χ0) is 15.4. The van der Waals surface area contributed by atoms with Crippen LogP contribution in [0.3, 0.4) is 0 Å². The summed E-state index contributed by atoms with van der Waals surface area (Å²) in [6.45, 7) is 3.73. The fourth-order valence-corrected chi connectivity index (χ4v) is 2.44. The molecule has 6 nitrogen and oxygen atoms in total. The molecule has 22 heavy (non-hydrogen) atoms. The minimum absolute atomic E-state index is 0.0173. The van der Waals surface area contributed by atoms with Gasteiger partial charge in [-0.25, -0.2) is 0 Å². The molecule has 1 aliphatic heterocycles. The molecule has 1 aliphatic rings. The summed E-state index contributed by atoms with van der Waals surface area (Å²) < 4.78 is 12.8. The molecule has 0 saturated heterocycles. The van der Waals surface area contributed by atoms with Crippen LogP contribution in [0.15, 0.2) is 36.7 Å². The summed E-state index contributed by atoms with van der Waals surface area (Å²) in [6.07, 6.45) is 3.92. The van der Waals surface area contributed by atoms with Crippen LogP contribution in [-0.4, -0.2) is 34.9 Å². The summed E-state index contributed by atoms with van der Waals surface area (Å²) in [6, 6.07) is 7.50. The van der Waals surface area contributed by atoms with Gasteiger partial charge in [-0.2, -0.15) is 5.10 Å². The topological polar surface area (TPSA) is 65.4 Å². The fraction of sp³-hybridized carbons (Fsp3) is 0.375. The van der Waals surface area contributed by atoms with E-state index in [0.717, 1.165) is 11.3 Å². The second-order valence-corrected chi connectivity index (χ2v) is 5.35. The molecule has 2 aromatic rings. The molecule has 0 spiro atoms. The molecule has 0 fully saturated rings. The number of benzene rings is 1. The van der Waals surface area contributed by atoms with Crippen molar-refractivity contribution >= 4 is 5.91 Å². The minimum atomic E-state index is -0.0173. The smallest absolute Gasteiger partial charge is 0.224 e. The number of fused-ring (bicyclic) bond motifs is 1. The molecule has 0 radical (unpaired) electrons. The van der Waals surface area contributed by atoms with E-state index in [-0.39, 0.29) is 11.9 Å². The van der Waals surface area contributed by atoms with E-state index in [1.54, 1.807) is 10.9 Å². The van der Waals surface area contributed by atoms with Crippen LogP contribution in [0.5, 0.6) is 11.5 Å². The standard InChI is InChI=1S/C16H19N3O3/c1-12(11-19-6-2-5-17-19)18-16(20)10-13-3-4-14-15(9-13)22-8-7-21-14/h2-6,9,12H,7-8,10-11H2,1H3,(H,18,20)/t12-/m1/s1. The van der Waals surface area contributed by atoms with Crippen LogP contribution in [0.4, 0.5) is 0 Å². The maximum absolute atomic E-state index is 12.1. The molecule has 0 unspecified atom stereocenters. The van der Waals surface area contributed by atoms with E-state index in [9.17, 15) is 4.79 Å². The van der Waals surface area contributed by atoms with E-state index in [0.29, 0.717) is 31.9 Å². The largest absolute Gasteiger partial charge is 0.486 e. The van der Waals surface area contributed by atoms with Crippen molar-refractivity contribution in [3.05, 3.63) is 42.2 Å². The highest BCUT2D eigenvalue weighted by Gasteiger charge is 2.14. The van der Waals surface area contributed by atoms with Gasteiger partial charge >= 0.3 is 0 Å². The molecule has 0 saturated carbocycles. The average Bonchev–Trinajstić information content (AvgIpc) is 2.99. The van der Waals surface area contributed by atoms with Crippen LogP contribution in [0.1, 0.15) is 12.5 Å². The number of nitrogens with one attached hydrogen (secondary N) is 1. The third-order valence-corrected chi connectivity index (χ3v) is 3.40. The molecule has 1 amide bonds. The number of ether oxygens (including phenoxy) is 2. The van der Waals surface area contributed by atoms with Crippen molar-refractivity contribution in [2.45, 2.75) is 25.9 Å². The lowest BCUT2D eigenvalue weighted by atomic mass is 10.1. The highest BCUT2D eigenvalue weighted by Crippen LogP contribution is 2.30. The predicted octanol–water partition coefficient (Wildman–Crippen LogP) is 1.40. The average molecular weight is 301 g/mol. The molecular weight excluding hydrogens is 282 g/mol. The van der Waals surface area contributed by atoms with Gasteiger partial charge in [0.1, 0.15) is 13.2 Å². The zero-order valence-corrected chi connectivity index (χ0v) is 12.5. The van der Waals surface area contributed by atoms with Crippen molar-refractivity contribution in [2.75, 3.05) is 13.2 Å². The normalized spacial score (nSPS) is 14.4. The Morgan fingerprint density at radius 1 is 1.36 bits per heavy atom. The molecular formula is C16H19N3O3. The zero-order valence-electron chi connectivity index (χ0n) is 12.5. The van der Waals surface area contributed by atoms with E-state index < -0.39 is 0 Å². The van der Waals surface area contributed by atoms with Crippen molar-refractivity contribution in [1.82, 2.24) is 15.1 Å². The van der Waals surface area contributed by atoms with Crippen LogP contribution in [0.2, 0.25) is 0 Å². The van der Waals surface area contributed by atoms with Crippen molar-refractivity contribution < 1.29 is 14.3 Å². The number of amides is 1. The molecule has 0 aliphatic carbocycles. The SMILES string of the molecule is C[C@H](Cn1cccn1)NC(=O)Cc1ccc2c(c1)OCCO2. The van der Waals surface area contributed by atoms with Crippen molar-refractivity contribution in [1.29, 1.82) is 0 Å². The van der Waals surface area contributed by atoms with Gasteiger partial charge in [0.15, 0.2) is 11.5 Å². The van der Waals surface area contributed by atoms with Crippen LogP contribution < -0.4 is 14.8 Å². The van der Waals surface area contributed by atoms with Crippen LogP contribution in [0, 0.1) is 0 Å². The van der Waals surface area contributed by atoms with Gasteiger partial charge in [0.2, 0.25) is 5.91 Å². The molecule has 1 aromatic carbocycles. The monoisotopic (exact) mass is 301 g/mol.